The zero-order valence-electron chi connectivity index (χ0n) is 13.4. The van der Waals surface area contributed by atoms with Gasteiger partial charge in [0.05, 0.1) is 0 Å². The SMILES string of the molecule is CC(C)[C@@H](NC(N)=O)C(=O)N1CCN(c2ccccc2)C(=O)C1. The topological polar surface area (TPSA) is 95.7 Å². The highest BCUT2D eigenvalue weighted by Crippen LogP contribution is 2.17. The van der Waals surface area contributed by atoms with Crippen molar-refractivity contribution >= 4 is 23.5 Å². The fourth-order valence-electron chi connectivity index (χ4n) is 2.61. The molecule has 2 rings (SSSR count). The first-order valence-corrected chi connectivity index (χ1v) is 7.60. The van der Waals surface area contributed by atoms with Gasteiger partial charge in [0.2, 0.25) is 11.8 Å². The average molecular weight is 318 g/mol. The lowest BCUT2D eigenvalue weighted by Gasteiger charge is -2.36. The fourth-order valence-corrected chi connectivity index (χ4v) is 2.61. The van der Waals surface area contributed by atoms with Crippen LogP contribution in [0.3, 0.4) is 0 Å². The number of nitrogens with zero attached hydrogens (tertiary/aromatic N) is 2. The van der Waals surface area contributed by atoms with Crippen LogP contribution in [0.2, 0.25) is 0 Å². The number of nitrogens with one attached hydrogen (secondary N) is 1. The second-order valence-electron chi connectivity index (χ2n) is 5.87. The lowest BCUT2D eigenvalue weighted by atomic mass is 10.0. The van der Waals surface area contributed by atoms with Crippen LogP contribution in [0.4, 0.5) is 10.5 Å². The van der Waals surface area contributed by atoms with Crippen molar-refractivity contribution in [2.24, 2.45) is 11.7 Å². The molecule has 7 nitrogen and oxygen atoms in total. The zero-order chi connectivity index (χ0) is 17.0. The van der Waals surface area contributed by atoms with E-state index in [4.69, 9.17) is 5.73 Å². The summed E-state index contributed by atoms with van der Waals surface area (Å²) < 4.78 is 0. The predicted molar refractivity (Wildman–Crippen MR) is 86.7 cm³/mol. The van der Waals surface area contributed by atoms with E-state index >= 15 is 0 Å². The van der Waals surface area contributed by atoms with E-state index in [1.807, 2.05) is 44.2 Å². The Morgan fingerprint density at radius 2 is 1.83 bits per heavy atom. The molecule has 0 unspecified atom stereocenters. The number of benzene rings is 1. The molecule has 1 saturated heterocycles. The zero-order valence-corrected chi connectivity index (χ0v) is 13.4. The third kappa shape index (κ3) is 4.00. The van der Waals surface area contributed by atoms with E-state index in [1.54, 1.807) is 4.90 Å². The Balaban J connectivity index is 2.05. The molecule has 1 aromatic rings. The quantitative estimate of drug-likeness (QED) is 0.849. The molecule has 124 valence electrons. The molecule has 0 aromatic heterocycles. The number of nitrogens with two attached hydrogens (primary N) is 1. The molecule has 1 atom stereocenters. The summed E-state index contributed by atoms with van der Waals surface area (Å²) in [6.45, 7) is 4.48. The number of para-hydroxylation sites is 1. The summed E-state index contributed by atoms with van der Waals surface area (Å²) in [5.41, 5.74) is 5.95. The number of urea groups is 1. The van der Waals surface area contributed by atoms with Crippen molar-refractivity contribution in [1.82, 2.24) is 10.2 Å². The number of primary amides is 1. The van der Waals surface area contributed by atoms with Gasteiger partial charge in [-0.25, -0.2) is 4.79 Å². The number of anilines is 1. The number of carbonyl (C=O) groups is 3. The summed E-state index contributed by atoms with van der Waals surface area (Å²) >= 11 is 0. The van der Waals surface area contributed by atoms with Crippen molar-refractivity contribution in [3.05, 3.63) is 30.3 Å². The molecule has 0 saturated carbocycles. The van der Waals surface area contributed by atoms with Gasteiger partial charge in [0.15, 0.2) is 0 Å². The summed E-state index contributed by atoms with van der Waals surface area (Å²) in [5.74, 6) is -0.533. The maximum Gasteiger partial charge on any atom is 0.312 e. The number of hydrogen-bond donors (Lipinski definition) is 2. The lowest BCUT2D eigenvalue weighted by Crippen LogP contribution is -2.58. The predicted octanol–water partition coefficient (Wildman–Crippen LogP) is 0.555. The third-order valence-corrected chi connectivity index (χ3v) is 3.83. The second-order valence-corrected chi connectivity index (χ2v) is 5.87. The van der Waals surface area contributed by atoms with Gasteiger partial charge < -0.3 is 20.9 Å². The van der Waals surface area contributed by atoms with Crippen LogP contribution >= 0.6 is 0 Å². The maximum atomic E-state index is 12.5. The lowest BCUT2D eigenvalue weighted by molar-refractivity contribution is -0.139. The molecular formula is C16H22N4O3. The van der Waals surface area contributed by atoms with E-state index in [1.165, 1.54) is 4.90 Å². The van der Waals surface area contributed by atoms with Crippen molar-refractivity contribution in [3.8, 4) is 0 Å². The Hall–Kier alpha value is -2.57. The Kier molecular flexibility index (Phi) is 5.20. The minimum atomic E-state index is -0.744. The highest BCUT2D eigenvalue weighted by Gasteiger charge is 2.33. The standard InChI is InChI=1S/C16H22N4O3/c1-11(2)14(18-16(17)23)15(22)19-8-9-20(13(21)10-19)12-6-4-3-5-7-12/h3-7,11,14H,8-10H2,1-2H3,(H3,17,18,23)/t14-/m1/s1. The van der Waals surface area contributed by atoms with Crippen LogP contribution in [0.15, 0.2) is 30.3 Å². The number of hydrogen-bond acceptors (Lipinski definition) is 3. The summed E-state index contributed by atoms with van der Waals surface area (Å²) in [5, 5.41) is 2.46. The molecule has 23 heavy (non-hydrogen) atoms. The Bertz CT molecular complexity index is 588. The van der Waals surface area contributed by atoms with Crippen molar-refractivity contribution in [3.63, 3.8) is 0 Å². The van der Waals surface area contributed by atoms with Gasteiger partial charge >= 0.3 is 6.03 Å². The van der Waals surface area contributed by atoms with Crippen LogP contribution in [-0.2, 0) is 9.59 Å². The molecule has 1 fully saturated rings. The fraction of sp³-hybridized carbons (Fsp3) is 0.438. The van der Waals surface area contributed by atoms with Gasteiger partial charge in [0.1, 0.15) is 12.6 Å². The second kappa shape index (κ2) is 7.13. The Morgan fingerprint density at radius 3 is 2.35 bits per heavy atom. The monoisotopic (exact) mass is 318 g/mol. The summed E-state index contributed by atoms with van der Waals surface area (Å²) in [6.07, 6.45) is 0. The van der Waals surface area contributed by atoms with Crippen molar-refractivity contribution in [1.29, 1.82) is 0 Å². The molecule has 1 aromatic carbocycles. The van der Waals surface area contributed by atoms with Gasteiger partial charge in [-0.1, -0.05) is 32.0 Å². The number of carbonyl (C=O) groups excluding carboxylic acids is 3. The first-order valence-electron chi connectivity index (χ1n) is 7.60. The third-order valence-electron chi connectivity index (χ3n) is 3.83. The van der Waals surface area contributed by atoms with Crippen LogP contribution in [0, 0.1) is 5.92 Å². The smallest absolute Gasteiger partial charge is 0.312 e. The Labute approximate surface area is 135 Å². The first-order chi connectivity index (χ1) is 10.9. The molecular weight excluding hydrogens is 296 g/mol. The van der Waals surface area contributed by atoms with Crippen LogP contribution in [0.1, 0.15) is 13.8 Å². The Morgan fingerprint density at radius 1 is 1.17 bits per heavy atom. The van der Waals surface area contributed by atoms with Crippen molar-refractivity contribution < 1.29 is 14.4 Å². The molecule has 4 amide bonds. The number of amides is 4. The number of piperazine rings is 1. The molecule has 1 aliphatic rings. The van der Waals surface area contributed by atoms with Crippen LogP contribution in [0.5, 0.6) is 0 Å². The van der Waals surface area contributed by atoms with E-state index in [9.17, 15) is 14.4 Å². The van der Waals surface area contributed by atoms with Gasteiger partial charge in [-0.05, 0) is 18.1 Å². The molecule has 1 aliphatic heterocycles. The van der Waals surface area contributed by atoms with E-state index < -0.39 is 12.1 Å². The largest absolute Gasteiger partial charge is 0.352 e. The molecule has 0 aliphatic carbocycles. The van der Waals surface area contributed by atoms with Gasteiger partial charge in [0.25, 0.3) is 0 Å². The summed E-state index contributed by atoms with van der Waals surface area (Å²) in [4.78, 5) is 39.1. The van der Waals surface area contributed by atoms with E-state index in [0.717, 1.165) is 5.69 Å². The minimum Gasteiger partial charge on any atom is -0.352 e. The minimum absolute atomic E-state index is 0.00259. The molecule has 7 heteroatoms. The molecule has 0 spiro atoms. The molecule has 0 radical (unpaired) electrons. The van der Waals surface area contributed by atoms with Gasteiger partial charge in [-0.3, -0.25) is 9.59 Å². The molecule has 3 N–H and O–H groups in total. The highest BCUT2D eigenvalue weighted by atomic mass is 16.2. The number of rotatable bonds is 4. The summed E-state index contributed by atoms with van der Waals surface area (Å²) in [6, 6.07) is 7.88. The van der Waals surface area contributed by atoms with E-state index in [0.29, 0.717) is 13.1 Å². The molecule has 0 bridgehead atoms. The average Bonchev–Trinajstić information content (AvgIpc) is 2.52. The van der Waals surface area contributed by atoms with Gasteiger partial charge in [-0.2, -0.15) is 0 Å². The van der Waals surface area contributed by atoms with Crippen molar-refractivity contribution in [2.45, 2.75) is 19.9 Å². The molecule has 1 heterocycles. The van der Waals surface area contributed by atoms with Crippen LogP contribution < -0.4 is 16.0 Å². The van der Waals surface area contributed by atoms with E-state index in [-0.39, 0.29) is 24.3 Å². The van der Waals surface area contributed by atoms with Crippen LogP contribution in [-0.4, -0.2) is 48.4 Å². The normalized spacial score (nSPS) is 16.4. The van der Waals surface area contributed by atoms with E-state index in [2.05, 4.69) is 5.32 Å². The maximum absolute atomic E-state index is 12.5. The highest BCUT2D eigenvalue weighted by molar-refractivity contribution is 5.99. The van der Waals surface area contributed by atoms with Crippen LogP contribution in [0.25, 0.3) is 0 Å². The van der Waals surface area contributed by atoms with Crippen molar-refractivity contribution in [2.75, 3.05) is 24.5 Å². The first kappa shape index (κ1) is 16.8. The van der Waals surface area contributed by atoms with Gasteiger partial charge in [-0.15, -0.1) is 0 Å². The summed E-state index contributed by atoms with van der Waals surface area (Å²) in [7, 11) is 0. The van der Waals surface area contributed by atoms with Gasteiger partial charge in [0, 0.05) is 18.8 Å².